The van der Waals surface area contributed by atoms with Gasteiger partial charge in [0.15, 0.2) is 0 Å². The molecule has 0 radical (unpaired) electrons. The molecule has 0 aromatic heterocycles. The van der Waals surface area contributed by atoms with Crippen molar-refractivity contribution in [3.8, 4) is 0 Å². The predicted octanol–water partition coefficient (Wildman–Crippen LogP) is 0.720. The van der Waals surface area contributed by atoms with Crippen LogP contribution in [0.5, 0.6) is 0 Å². The normalized spacial score (nSPS) is 18.8. The monoisotopic (exact) mass is 276 g/mol. The van der Waals surface area contributed by atoms with Crippen LogP contribution in [0.3, 0.4) is 0 Å². The molecular formula is C15H24N4O. The Balaban J connectivity index is 1.94. The smallest absolute Gasteiger partial charge is 0.240 e. The third-order valence-electron chi connectivity index (χ3n) is 3.61. The highest BCUT2D eigenvalue weighted by molar-refractivity contribution is 5.94. The van der Waals surface area contributed by atoms with Crippen molar-refractivity contribution in [3.63, 3.8) is 0 Å². The number of nitrogens with one attached hydrogen (secondary N) is 1. The van der Waals surface area contributed by atoms with Crippen LogP contribution in [0.25, 0.3) is 0 Å². The van der Waals surface area contributed by atoms with Crippen molar-refractivity contribution in [2.45, 2.75) is 19.5 Å². The fourth-order valence-corrected chi connectivity index (χ4v) is 2.27. The van der Waals surface area contributed by atoms with Gasteiger partial charge in [-0.15, -0.1) is 0 Å². The Bertz CT molecular complexity index is 453. The number of hydrogen-bond donors (Lipinski definition) is 2. The summed E-state index contributed by atoms with van der Waals surface area (Å²) in [6.45, 7) is 7.02. The highest BCUT2D eigenvalue weighted by Crippen LogP contribution is 2.14. The van der Waals surface area contributed by atoms with Crippen molar-refractivity contribution in [2.75, 3.05) is 38.5 Å². The molecule has 1 saturated heterocycles. The first-order valence-electron chi connectivity index (χ1n) is 7.11. The van der Waals surface area contributed by atoms with Gasteiger partial charge in [-0.05, 0) is 31.7 Å². The number of anilines is 1. The van der Waals surface area contributed by atoms with E-state index < -0.39 is 6.04 Å². The second-order valence-electron chi connectivity index (χ2n) is 5.56. The zero-order valence-corrected chi connectivity index (χ0v) is 12.3. The Kier molecular flexibility index (Phi) is 5.11. The minimum absolute atomic E-state index is 0.151. The second-order valence-corrected chi connectivity index (χ2v) is 5.56. The molecule has 20 heavy (non-hydrogen) atoms. The maximum Gasteiger partial charge on any atom is 0.240 e. The minimum atomic E-state index is -0.490. The summed E-state index contributed by atoms with van der Waals surface area (Å²) < 4.78 is 0. The Morgan fingerprint density at radius 1 is 1.35 bits per heavy atom. The van der Waals surface area contributed by atoms with Gasteiger partial charge in [0, 0.05) is 38.4 Å². The van der Waals surface area contributed by atoms with Gasteiger partial charge in [-0.2, -0.15) is 0 Å². The predicted molar refractivity (Wildman–Crippen MR) is 81.5 cm³/mol. The first-order valence-corrected chi connectivity index (χ1v) is 7.11. The summed E-state index contributed by atoms with van der Waals surface area (Å²) in [6.07, 6.45) is 0. The van der Waals surface area contributed by atoms with Gasteiger partial charge in [0.05, 0.1) is 6.04 Å². The molecule has 2 rings (SSSR count). The summed E-state index contributed by atoms with van der Waals surface area (Å²) in [7, 11) is 2.15. The van der Waals surface area contributed by atoms with Crippen LogP contribution < -0.4 is 11.1 Å². The molecular weight excluding hydrogens is 252 g/mol. The number of carbonyl (C=O) groups is 1. The second kappa shape index (κ2) is 6.83. The number of hydrogen-bond acceptors (Lipinski definition) is 4. The van der Waals surface area contributed by atoms with E-state index in [0.717, 1.165) is 38.4 Å². The molecule has 1 amide bonds. The van der Waals surface area contributed by atoms with E-state index in [1.165, 1.54) is 5.56 Å². The van der Waals surface area contributed by atoms with Gasteiger partial charge in [0.25, 0.3) is 0 Å². The van der Waals surface area contributed by atoms with Gasteiger partial charge in [-0.1, -0.05) is 12.1 Å². The molecule has 0 spiro atoms. The van der Waals surface area contributed by atoms with Crippen molar-refractivity contribution in [2.24, 2.45) is 5.73 Å². The standard InChI is InChI=1S/C15H24N4O/c1-12(16)15(20)17-14-5-3-4-13(10-14)11-19-8-6-18(2)7-9-19/h3-5,10,12H,6-9,11,16H2,1-2H3,(H,17,20). The van der Waals surface area contributed by atoms with E-state index in [2.05, 4.69) is 28.2 Å². The third-order valence-corrected chi connectivity index (χ3v) is 3.61. The summed E-state index contributed by atoms with van der Waals surface area (Å²) in [5, 5.41) is 2.84. The molecule has 1 aromatic carbocycles. The lowest BCUT2D eigenvalue weighted by molar-refractivity contribution is -0.117. The number of amides is 1. The van der Waals surface area contributed by atoms with E-state index in [4.69, 9.17) is 5.73 Å². The molecule has 1 atom stereocenters. The van der Waals surface area contributed by atoms with Crippen molar-refractivity contribution < 1.29 is 4.79 Å². The summed E-state index contributed by atoms with van der Waals surface area (Å²) in [4.78, 5) is 16.4. The summed E-state index contributed by atoms with van der Waals surface area (Å²) >= 11 is 0. The molecule has 110 valence electrons. The zero-order valence-electron chi connectivity index (χ0n) is 12.3. The first kappa shape index (κ1) is 15.0. The van der Waals surface area contributed by atoms with E-state index in [1.54, 1.807) is 6.92 Å². The van der Waals surface area contributed by atoms with E-state index in [9.17, 15) is 4.79 Å². The van der Waals surface area contributed by atoms with E-state index in [-0.39, 0.29) is 5.91 Å². The lowest BCUT2D eigenvalue weighted by Crippen LogP contribution is -2.43. The van der Waals surface area contributed by atoms with Crippen LogP contribution >= 0.6 is 0 Å². The number of nitrogens with two attached hydrogens (primary N) is 1. The molecule has 5 nitrogen and oxygen atoms in total. The van der Waals surface area contributed by atoms with Gasteiger partial charge < -0.3 is 16.0 Å². The van der Waals surface area contributed by atoms with Crippen LogP contribution in [-0.2, 0) is 11.3 Å². The number of piperazine rings is 1. The first-order chi connectivity index (χ1) is 9.54. The SMILES string of the molecule is CC(N)C(=O)Nc1cccc(CN2CCN(C)CC2)c1. The topological polar surface area (TPSA) is 61.6 Å². The fourth-order valence-electron chi connectivity index (χ4n) is 2.27. The summed E-state index contributed by atoms with van der Waals surface area (Å²) in [5.41, 5.74) is 7.60. The summed E-state index contributed by atoms with van der Waals surface area (Å²) in [6, 6.07) is 7.50. The lowest BCUT2D eigenvalue weighted by Gasteiger charge is -2.32. The van der Waals surface area contributed by atoms with Crippen LogP contribution in [-0.4, -0.2) is 55.0 Å². The van der Waals surface area contributed by atoms with E-state index >= 15 is 0 Å². The lowest BCUT2D eigenvalue weighted by atomic mass is 10.1. The average Bonchev–Trinajstić information content (AvgIpc) is 2.42. The van der Waals surface area contributed by atoms with Crippen molar-refractivity contribution in [1.82, 2.24) is 9.80 Å². The van der Waals surface area contributed by atoms with Crippen LogP contribution in [0.1, 0.15) is 12.5 Å². The third kappa shape index (κ3) is 4.30. The molecule has 0 aliphatic carbocycles. The largest absolute Gasteiger partial charge is 0.325 e. The van der Waals surface area contributed by atoms with Crippen LogP contribution in [0.15, 0.2) is 24.3 Å². The van der Waals surface area contributed by atoms with Crippen LogP contribution in [0.4, 0.5) is 5.69 Å². The molecule has 0 saturated carbocycles. The number of benzene rings is 1. The molecule has 1 unspecified atom stereocenters. The van der Waals surface area contributed by atoms with Crippen molar-refractivity contribution in [3.05, 3.63) is 29.8 Å². The quantitative estimate of drug-likeness (QED) is 0.850. The fraction of sp³-hybridized carbons (Fsp3) is 0.533. The Hall–Kier alpha value is -1.43. The van der Waals surface area contributed by atoms with E-state index in [1.807, 2.05) is 18.2 Å². The number of rotatable bonds is 4. The van der Waals surface area contributed by atoms with Crippen LogP contribution in [0, 0.1) is 0 Å². The van der Waals surface area contributed by atoms with Gasteiger partial charge in [-0.3, -0.25) is 9.69 Å². The molecule has 5 heteroatoms. The van der Waals surface area contributed by atoms with Gasteiger partial charge in [0.1, 0.15) is 0 Å². The molecule has 0 bridgehead atoms. The Labute approximate surface area is 120 Å². The number of nitrogens with zero attached hydrogens (tertiary/aromatic N) is 2. The average molecular weight is 276 g/mol. The summed E-state index contributed by atoms with van der Waals surface area (Å²) in [5.74, 6) is -0.151. The molecule has 1 heterocycles. The molecule has 1 aliphatic heterocycles. The van der Waals surface area contributed by atoms with E-state index in [0.29, 0.717) is 0 Å². The Morgan fingerprint density at radius 3 is 2.70 bits per heavy atom. The highest BCUT2D eigenvalue weighted by Gasteiger charge is 2.14. The molecule has 1 aliphatic rings. The maximum absolute atomic E-state index is 11.6. The minimum Gasteiger partial charge on any atom is -0.325 e. The van der Waals surface area contributed by atoms with Crippen molar-refractivity contribution in [1.29, 1.82) is 0 Å². The van der Waals surface area contributed by atoms with Gasteiger partial charge >= 0.3 is 0 Å². The number of likely N-dealkylation sites (N-methyl/N-ethyl adjacent to an activating group) is 1. The maximum atomic E-state index is 11.6. The molecule has 3 N–H and O–H groups in total. The highest BCUT2D eigenvalue weighted by atomic mass is 16.2. The van der Waals surface area contributed by atoms with Crippen LogP contribution in [0.2, 0.25) is 0 Å². The molecule has 1 fully saturated rings. The molecule has 1 aromatic rings. The van der Waals surface area contributed by atoms with Crippen molar-refractivity contribution >= 4 is 11.6 Å². The van der Waals surface area contributed by atoms with Gasteiger partial charge in [-0.25, -0.2) is 0 Å². The Morgan fingerprint density at radius 2 is 2.05 bits per heavy atom. The zero-order chi connectivity index (χ0) is 14.5. The number of carbonyl (C=O) groups excluding carboxylic acids is 1. The van der Waals surface area contributed by atoms with Gasteiger partial charge in [0.2, 0.25) is 5.91 Å².